The van der Waals surface area contributed by atoms with E-state index in [0.29, 0.717) is 11.3 Å². The number of benzene rings is 1. The maximum atomic E-state index is 12.1. The van der Waals surface area contributed by atoms with Crippen LogP contribution in [-0.4, -0.2) is 19.1 Å². The number of nitrogens with one attached hydrogen (secondary N) is 1. The molecule has 0 aliphatic heterocycles. The number of ether oxygens (including phenoxy) is 1. The first-order valence-corrected chi connectivity index (χ1v) is 7.04. The Morgan fingerprint density at radius 1 is 1.37 bits per heavy atom. The second kappa shape index (κ2) is 6.38. The monoisotopic (exact) mass is 275 g/mol. The van der Waals surface area contributed by atoms with E-state index in [1.165, 1.54) is 4.88 Å². The molecule has 19 heavy (non-hydrogen) atoms. The highest BCUT2D eigenvalue weighted by molar-refractivity contribution is 7.09. The summed E-state index contributed by atoms with van der Waals surface area (Å²) in [6, 6.07) is 11.4. The SMILES string of the molecule is COc1cccc(C(=O)NC(C)Cc2cccs2)c1. The molecular formula is C15H17NO2S. The summed E-state index contributed by atoms with van der Waals surface area (Å²) in [5, 5.41) is 5.05. The molecule has 0 bridgehead atoms. The first kappa shape index (κ1) is 13.6. The van der Waals surface area contributed by atoms with E-state index in [2.05, 4.69) is 11.4 Å². The minimum absolute atomic E-state index is 0.0667. The minimum atomic E-state index is -0.0667. The average molecular weight is 275 g/mol. The molecule has 1 amide bonds. The van der Waals surface area contributed by atoms with Gasteiger partial charge in [0.15, 0.2) is 0 Å². The third-order valence-corrected chi connectivity index (χ3v) is 3.70. The summed E-state index contributed by atoms with van der Waals surface area (Å²) in [4.78, 5) is 13.4. The number of amides is 1. The molecule has 3 nitrogen and oxygen atoms in total. The predicted molar refractivity (Wildman–Crippen MR) is 77.9 cm³/mol. The molecular weight excluding hydrogens is 258 g/mol. The summed E-state index contributed by atoms with van der Waals surface area (Å²) >= 11 is 1.71. The zero-order valence-corrected chi connectivity index (χ0v) is 11.9. The molecule has 0 saturated heterocycles. The molecule has 1 aromatic carbocycles. The molecule has 2 aromatic rings. The molecule has 0 fully saturated rings. The molecule has 0 aliphatic carbocycles. The third-order valence-electron chi connectivity index (χ3n) is 2.80. The van der Waals surface area contributed by atoms with E-state index in [9.17, 15) is 4.79 Å². The lowest BCUT2D eigenvalue weighted by molar-refractivity contribution is 0.0940. The van der Waals surface area contributed by atoms with Crippen molar-refractivity contribution in [3.8, 4) is 5.75 Å². The van der Waals surface area contributed by atoms with Crippen molar-refractivity contribution in [2.24, 2.45) is 0 Å². The molecule has 0 aliphatic rings. The lowest BCUT2D eigenvalue weighted by Gasteiger charge is -2.13. The van der Waals surface area contributed by atoms with Gasteiger partial charge in [-0.2, -0.15) is 0 Å². The highest BCUT2D eigenvalue weighted by Crippen LogP contribution is 2.14. The van der Waals surface area contributed by atoms with Gasteiger partial charge < -0.3 is 10.1 Å². The Morgan fingerprint density at radius 2 is 2.21 bits per heavy atom. The number of thiophene rings is 1. The quantitative estimate of drug-likeness (QED) is 0.910. The van der Waals surface area contributed by atoms with Gasteiger partial charge in [-0.1, -0.05) is 12.1 Å². The fourth-order valence-electron chi connectivity index (χ4n) is 1.85. The zero-order chi connectivity index (χ0) is 13.7. The first-order chi connectivity index (χ1) is 9.19. The van der Waals surface area contributed by atoms with Gasteiger partial charge in [-0.25, -0.2) is 0 Å². The Morgan fingerprint density at radius 3 is 2.89 bits per heavy atom. The first-order valence-electron chi connectivity index (χ1n) is 6.16. The van der Waals surface area contributed by atoms with E-state index in [1.54, 1.807) is 30.6 Å². The molecule has 0 radical (unpaired) electrons. The Hall–Kier alpha value is -1.81. The third kappa shape index (κ3) is 3.83. The van der Waals surface area contributed by atoms with E-state index in [1.807, 2.05) is 30.5 Å². The van der Waals surface area contributed by atoms with Gasteiger partial charge in [0.1, 0.15) is 5.75 Å². The summed E-state index contributed by atoms with van der Waals surface area (Å²) in [5.41, 5.74) is 0.623. The summed E-state index contributed by atoms with van der Waals surface area (Å²) in [5.74, 6) is 0.626. The summed E-state index contributed by atoms with van der Waals surface area (Å²) in [7, 11) is 1.59. The van der Waals surface area contributed by atoms with Crippen molar-refractivity contribution >= 4 is 17.2 Å². The molecule has 4 heteroatoms. The fourth-order valence-corrected chi connectivity index (χ4v) is 2.69. The minimum Gasteiger partial charge on any atom is -0.497 e. The van der Waals surface area contributed by atoms with Gasteiger partial charge in [0, 0.05) is 22.9 Å². The van der Waals surface area contributed by atoms with Crippen LogP contribution < -0.4 is 10.1 Å². The predicted octanol–water partition coefficient (Wildman–Crippen LogP) is 3.12. The van der Waals surface area contributed by atoms with E-state index in [4.69, 9.17) is 4.74 Å². The second-order valence-corrected chi connectivity index (χ2v) is 5.42. The molecule has 100 valence electrons. The van der Waals surface area contributed by atoms with Gasteiger partial charge in [-0.15, -0.1) is 11.3 Å². The highest BCUT2D eigenvalue weighted by atomic mass is 32.1. The smallest absolute Gasteiger partial charge is 0.251 e. The number of carbonyl (C=O) groups excluding carboxylic acids is 1. The Kier molecular flexibility index (Phi) is 4.58. The van der Waals surface area contributed by atoms with Gasteiger partial charge in [0.25, 0.3) is 5.91 Å². The van der Waals surface area contributed by atoms with E-state index in [0.717, 1.165) is 6.42 Å². The van der Waals surface area contributed by atoms with Crippen molar-refractivity contribution in [2.45, 2.75) is 19.4 Å². The van der Waals surface area contributed by atoms with E-state index >= 15 is 0 Å². The number of hydrogen-bond donors (Lipinski definition) is 1. The van der Waals surface area contributed by atoms with Crippen LogP contribution in [0.2, 0.25) is 0 Å². The van der Waals surface area contributed by atoms with Gasteiger partial charge in [-0.3, -0.25) is 4.79 Å². The van der Waals surface area contributed by atoms with Crippen LogP contribution in [0.5, 0.6) is 5.75 Å². The van der Waals surface area contributed by atoms with Gasteiger partial charge in [0.2, 0.25) is 0 Å². The Balaban J connectivity index is 1.96. The maximum absolute atomic E-state index is 12.1. The standard InChI is InChI=1S/C15H17NO2S/c1-11(9-14-7-4-8-19-14)16-15(17)12-5-3-6-13(10-12)18-2/h3-8,10-11H,9H2,1-2H3,(H,16,17). The largest absolute Gasteiger partial charge is 0.497 e. The Bertz CT molecular complexity index is 537. The summed E-state index contributed by atoms with van der Waals surface area (Å²) in [6.07, 6.45) is 0.855. The van der Waals surface area contributed by atoms with Crippen LogP contribution in [0.4, 0.5) is 0 Å². The van der Waals surface area contributed by atoms with Crippen LogP contribution in [0.1, 0.15) is 22.2 Å². The van der Waals surface area contributed by atoms with Crippen LogP contribution in [0.3, 0.4) is 0 Å². The van der Waals surface area contributed by atoms with Crippen molar-refractivity contribution in [1.82, 2.24) is 5.32 Å². The highest BCUT2D eigenvalue weighted by Gasteiger charge is 2.11. The molecule has 1 unspecified atom stereocenters. The topological polar surface area (TPSA) is 38.3 Å². The van der Waals surface area contributed by atoms with Crippen molar-refractivity contribution < 1.29 is 9.53 Å². The molecule has 0 saturated carbocycles. The van der Waals surface area contributed by atoms with Gasteiger partial charge >= 0.3 is 0 Å². The number of hydrogen-bond acceptors (Lipinski definition) is 3. The van der Waals surface area contributed by atoms with E-state index in [-0.39, 0.29) is 11.9 Å². The number of rotatable bonds is 5. The molecule has 1 aromatic heterocycles. The van der Waals surface area contributed by atoms with Crippen LogP contribution >= 0.6 is 11.3 Å². The van der Waals surface area contributed by atoms with Crippen LogP contribution in [-0.2, 0) is 6.42 Å². The summed E-state index contributed by atoms with van der Waals surface area (Å²) < 4.78 is 5.12. The lowest BCUT2D eigenvalue weighted by Crippen LogP contribution is -2.33. The molecule has 2 rings (SSSR count). The lowest BCUT2D eigenvalue weighted by atomic mass is 10.1. The molecule has 1 N–H and O–H groups in total. The van der Waals surface area contributed by atoms with E-state index < -0.39 is 0 Å². The number of carbonyl (C=O) groups is 1. The number of methoxy groups -OCH3 is 1. The Labute approximate surface area is 117 Å². The normalized spacial score (nSPS) is 11.9. The molecule has 1 atom stereocenters. The van der Waals surface area contributed by atoms with Gasteiger partial charge in [0.05, 0.1) is 7.11 Å². The molecule has 0 spiro atoms. The van der Waals surface area contributed by atoms with Crippen molar-refractivity contribution in [3.05, 3.63) is 52.2 Å². The van der Waals surface area contributed by atoms with Crippen LogP contribution in [0, 0.1) is 0 Å². The second-order valence-electron chi connectivity index (χ2n) is 4.39. The zero-order valence-electron chi connectivity index (χ0n) is 11.1. The fraction of sp³-hybridized carbons (Fsp3) is 0.267. The van der Waals surface area contributed by atoms with Crippen LogP contribution in [0.15, 0.2) is 41.8 Å². The van der Waals surface area contributed by atoms with Crippen molar-refractivity contribution in [3.63, 3.8) is 0 Å². The van der Waals surface area contributed by atoms with Gasteiger partial charge in [-0.05, 0) is 36.6 Å². The van der Waals surface area contributed by atoms with Crippen molar-refractivity contribution in [1.29, 1.82) is 0 Å². The van der Waals surface area contributed by atoms with Crippen molar-refractivity contribution in [2.75, 3.05) is 7.11 Å². The van der Waals surface area contributed by atoms with Crippen LogP contribution in [0.25, 0.3) is 0 Å². The maximum Gasteiger partial charge on any atom is 0.251 e. The molecule has 1 heterocycles. The summed E-state index contributed by atoms with van der Waals surface area (Å²) in [6.45, 7) is 2.01. The average Bonchev–Trinajstić information content (AvgIpc) is 2.91.